The largest absolute Gasteiger partial charge is 0.502 e. The maximum absolute atomic E-state index is 10.1. The average Bonchev–Trinajstić information content (AvgIpc) is 2.32. The van der Waals surface area contributed by atoms with Crippen LogP contribution < -0.4 is 5.32 Å². The number of phenolic OH excluding ortho intramolecular Hbond substituents is 1. The summed E-state index contributed by atoms with van der Waals surface area (Å²) in [5.74, 6) is -0.299. The monoisotopic (exact) mass is 226 g/mol. The van der Waals surface area contributed by atoms with Crippen LogP contribution in [0.15, 0.2) is 24.3 Å². The first-order valence-electron chi connectivity index (χ1n) is 4.92. The van der Waals surface area contributed by atoms with E-state index in [1.54, 1.807) is 0 Å². The molecule has 1 fully saturated rings. The molecule has 1 aliphatic heterocycles. The van der Waals surface area contributed by atoms with Gasteiger partial charge in [0, 0.05) is 19.2 Å². The molecule has 16 heavy (non-hydrogen) atoms. The summed E-state index contributed by atoms with van der Waals surface area (Å²) in [7, 11) is 0. The Kier molecular flexibility index (Phi) is 5.24. The van der Waals surface area contributed by atoms with Crippen molar-refractivity contribution in [1.29, 1.82) is 0 Å². The van der Waals surface area contributed by atoms with Gasteiger partial charge in [-0.25, -0.2) is 0 Å². The van der Waals surface area contributed by atoms with Gasteiger partial charge in [0.2, 0.25) is 0 Å². The maximum atomic E-state index is 10.1. The topological polar surface area (TPSA) is 84.6 Å². The fraction of sp³-hybridized carbons (Fsp3) is 0.400. The summed E-state index contributed by atoms with van der Waals surface area (Å²) in [5.41, 5.74) is -0.262. The second-order valence-corrected chi connectivity index (χ2v) is 3.11. The molecule has 0 aliphatic carbocycles. The number of para-hydroxylation sites is 2. The number of phenols is 1. The Morgan fingerprint density at radius 1 is 1.31 bits per heavy atom. The summed E-state index contributed by atoms with van der Waals surface area (Å²) in [6.07, 6.45) is 0. The smallest absolute Gasteiger partial charge is 0.310 e. The molecule has 1 aliphatic rings. The average molecular weight is 226 g/mol. The maximum Gasteiger partial charge on any atom is 0.310 e. The van der Waals surface area contributed by atoms with Crippen LogP contribution in [0.4, 0.5) is 5.69 Å². The third kappa shape index (κ3) is 4.24. The van der Waals surface area contributed by atoms with Crippen LogP contribution in [-0.2, 0) is 4.74 Å². The van der Waals surface area contributed by atoms with Crippen molar-refractivity contribution in [1.82, 2.24) is 5.32 Å². The quantitative estimate of drug-likeness (QED) is 0.549. The summed E-state index contributed by atoms with van der Waals surface area (Å²) < 4.78 is 5.01. The van der Waals surface area contributed by atoms with Gasteiger partial charge in [-0.3, -0.25) is 10.1 Å². The number of hydrogen-bond donors (Lipinski definition) is 2. The van der Waals surface area contributed by atoms with Crippen LogP contribution in [0.3, 0.4) is 0 Å². The Morgan fingerprint density at radius 3 is 2.25 bits per heavy atom. The minimum absolute atomic E-state index is 0.262. The summed E-state index contributed by atoms with van der Waals surface area (Å²) in [6, 6.07) is 5.55. The second kappa shape index (κ2) is 6.76. The molecule has 6 nitrogen and oxygen atoms in total. The molecule has 0 radical (unpaired) electrons. The fourth-order valence-corrected chi connectivity index (χ4v) is 1.13. The van der Waals surface area contributed by atoms with Crippen molar-refractivity contribution in [3.05, 3.63) is 34.4 Å². The predicted octanol–water partition coefficient (Wildman–Crippen LogP) is 0.907. The molecule has 1 aromatic carbocycles. The van der Waals surface area contributed by atoms with Gasteiger partial charge in [0.15, 0.2) is 5.75 Å². The molecule has 0 amide bonds. The minimum atomic E-state index is -0.630. The third-order valence-electron chi connectivity index (χ3n) is 1.92. The zero-order valence-corrected chi connectivity index (χ0v) is 8.76. The molecule has 1 heterocycles. The number of nitro benzene ring substituents is 1. The van der Waals surface area contributed by atoms with E-state index >= 15 is 0 Å². The van der Waals surface area contributed by atoms with Gasteiger partial charge in [0.25, 0.3) is 0 Å². The SMILES string of the molecule is C1COCCN1.O=[N+]([O-])c1ccccc1O. The first-order valence-corrected chi connectivity index (χ1v) is 4.92. The van der Waals surface area contributed by atoms with Gasteiger partial charge in [0.05, 0.1) is 18.1 Å². The van der Waals surface area contributed by atoms with Crippen LogP contribution in [0.2, 0.25) is 0 Å². The lowest BCUT2D eigenvalue weighted by Crippen LogP contribution is -2.30. The molecule has 0 saturated carbocycles. The molecule has 0 bridgehead atoms. The van der Waals surface area contributed by atoms with Crippen molar-refractivity contribution in [3.63, 3.8) is 0 Å². The van der Waals surface area contributed by atoms with Crippen molar-refractivity contribution >= 4 is 5.69 Å². The summed E-state index contributed by atoms with van der Waals surface area (Å²) in [5, 5.41) is 22.1. The van der Waals surface area contributed by atoms with Crippen molar-refractivity contribution in [2.75, 3.05) is 26.3 Å². The Labute approximate surface area is 93.0 Å². The van der Waals surface area contributed by atoms with Crippen LogP contribution in [0.5, 0.6) is 5.75 Å². The van der Waals surface area contributed by atoms with E-state index in [9.17, 15) is 10.1 Å². The highest BCUT2D eigenvalue weighted by atomic mass is 16.6. The van der Waals surface area contributed by atoms with Crippen LogP contribution in [0.25, 0.3) is 0 Å². The van der Waals surface area contributed by atoms with E-state index in [0.29, 0.717) is 0 Å². The minimum Gasteiger partial charge on any atom is -0.502 e. The van der Waals surface area contributed by atoms with Gasteiger partial charge in [-0.15, -0.1) is 0 Å². The lowest BCUT2D eigenvalue weighted by Gasteiger charge is -2.10. The van der Waals surface area contributed by atoms with Crippen LogP contribution in [0.1, 0.15) is 0 Å². The Bertz CT molecular complexity index is 328. The number of nitro groups is 1. The molecule has 6 heteroatoms. The van der Waals surface area contributed by atoms with E-state index < -0.39 is 4.92 Å². The normalized spacial score (nSPS) is 14.8. The number of ether oxygens (including phenoxy) is 1. The zero-order valence-electron chi connectivity index (χ0n) is 8.76. The molecular weight excluding hydrogens is 212 g/mol. The Hall–Kier alpha value is -1.66. The summed E-state index contributed by atoms with van der Waals surface area (Å²) in [6.45, 7) is 3.83. The number of nitrogens with zero attached hydrogens (tertiary/aromatic N) is 1. The van der Waals surface area contributed by atoms with Crippen LogP contribution in [0, 0.1) is 10.1 Å². The highest BCUT2D eigenvalue weighted by Gasteiger charge is 2.09. The molecular formula is C10H14N2O4. The van der Waals surface area contributed by atoms with Gasteiger partial charge in [-0.1, -0.05) is 12.1 Å². The van der Waals surface area contributed by atoms with Crippen LogP contribution in [-0.4, -0.2) is 36.3 Å². The lowest BCUT2D eigenvalue weighted by atomic mass is 10.3. The van der Waals surface area contributed by atoms with Gasteiger partial charge in [-0.05, 0) is 6.07 Å². The van der Waals surface area contributed by atoms with E-state index in [-0.39, 0.29) is 11.4 Å². The molecule has 88 valence electrons. The zero-order chi connectivity index (χ0) is 11.8. The molecule has 0 atom stereocenters. The van der Waals surface area contributed by atoms with Gasteiger partial charge < -0.3 is 15.2 Å². The van der Waals surface area contributed by atoms with Crippen molar-refractivity contribution in [2.45, 2.75) is 0 Å². The molecule has 1 saturated heterocycles. The van der Waals surface area contributed by atoms with Crippen molar-refractivity contribution in [2.24, 2.45) is 0 Å². The molecule has 0 aromatic heterocycles. The summed E-state index contributed by atoms with van der Waals surface area (Å²) in [4.78, 5) is 9.44. The first kappa shape index (κ1) is 12.4. The number of rotatable bonds is 1. The molecule has 2 N–H and O–H groups in total. The van der Waals surface area contributed by atoms with Gasteiger partial charge >= 0.3 is 5.69 Å². The standard InChI is InChI=1S/C6H5NO3.C4H9NO/c8-6-4-2-1-3-5(6)7(9)10;1-3-6-4-2-5-1/h1-4,8H;5H,1-4H2. The van der Waals surface area contributed by atoms with E-state index in [1.165, 1.54) is 24.3 Å². The number of morpholine rings is 1. The van der Waals surface area contributed by atoms with Crippen LogP contribution >= 0.6 is 0 Å². The third-order valence-corrected chi connectivity index (χ3v) is 1.92. The highest BCUT2D eigenvalue weighted by molar-refractivity contribution is 5.44. The molecule has 1 aromatic rings. The number of aromatic hydroxyl groups is 1. The highest BCUT2D eigenvalue weighted by Crippen LogP contribution is 2.23. The second-order valence-electron chi connectivity index (χ2n) is 3.11. The van der Waals surface area contributed by atoms with Crippen molar-refractivity contribution < 1.29 is 14.8 Å². The molecule has 0 unspecified atom stereocenters. The first-order chi connectivity index (χ1) is 7.72. The number of nitrogens with one attached hydrogen (secondary N) is 1. The lowest BCUT2D eigenvalue weighted by molar-refractivity contribution is -0.385. The van der Waals surface area contributed by atoms with Gasteiger partial charge in [-0.2, -0.15) is 0 Å². The fourth-order valence-electron chi connectivity index (χ4n) is 1.13. The summed E-state index contributed by atoms with van der Waals surface area (Å²) >= 11 is 0. The van der Waals surface area contributed by atoms with E-state index in [0.717, 1.165) is 26.3 Å². The van der Waals surface area contributed by atoms with Gasteiger partial charge in [0.1, 0.15) is 0 Å². The predicted molar refractivity (Wildman–Crippen MR) is 58.4 cm³/mol. The molecule has 2 rings (SSSR count). The number of hydrogen-bond acceptors (Lipinski definition) is 5. The van der Waals surface area contributed by atoms with E-state index in [4.69, 9.17) is 9.84 Å². The Morgan fingerprint density at radius 2 is 1.94 bits per heavy atom. The Balaban J connectivity index is 0.000000181. The molecule has 0 spiro atoms. The van der Waals surface area contributed by atoms with Crippen molar-refractivity contribution in [3.8, 4) is 5.75 Å². The number of benzene rings is 1. The van der Waals surface area contributed by atoms with E-state index in [2.05, 4.69) is 5.32 Å². The van der Waals surface area contributed by atoms with E-state index in [1.807, 2.05) is 0 Å².